The zero-order chi connectivity index (χ0) is 14.4. The average Bonchev–Trinajstić information content (AvgIpc) is 2.44. The number of rotatable bonds is 7. The summed E-state index contributed by atoms with van der Waals surface area (Å²) in [5.74, 6) is 0. The first-order valence-corrected chi connectivity index (χ1v) is 7.55. The highest BCUT2D eigenvalue weighted by atomic mass is 79.9. The molecule has 20 heavy (non-hydrogen) atoms. The van der Waals surface area contributed by atoms with Gasteiger partial charge >= 0.3 is 0 Å². The van der Waals surface area contributed by atoms with Gasteiger partial charge in [0, 0.05) is 29.3 Å². The molecule has 1 aromatic heterocycles. The van der Waals surface area contributed by atoms with Crippen molar-refractivity contribution in [3.8, 4) is 0 Å². The van der Waals surface area contributed by atoms with Crippen molar-refractivity contribution in [1.82, 2.24) is 4.98 Å². The molecule has 2 aromatic rings. The van der Waals surface area contributed by atoms with Gasteiger partial charge in [0.15, 0.2) is 6.29 Å². The molecule has 108 valence electrons. The Balaban J connectivity index is 2.12. The third kappa shape index (κ3) is 3.91. The largest absolute Gasteiger partial charge is 0.378 e. The van der Waals surface area contributed by atoms with Gasteiger partial charge in [0.25, 0.3) is 0 Å². The molecule has 0 unspecified atom stereocenters. The number of ether oxygens (including phenoxy) is 2. The molecule has 0 saturated carbocycles. The van der Waals surface area contributed by atoms with Crippen LogP contribution in [0.3, 0.4) is 0 Å². The molecule has 0 atom stereocenters. The lowest BCUT2D eigenvalue weighted by Gasteiger charge is -2.18. The smallest absolute Gasteiger partial charge is 0.174 e. The molecule has 0 fully saturated rings. The van der Waals surface area contributed by atoms with Crippen molar-refractivity contribution in [2.75, 3.05) is 25.1 Å². The van der Waals surface area contributed by atoms with Crippen LogP contribution in [0.4, 0.5) is 5.69 Å². The molecule has 0 aliphatic heterocycles. The molecule has 1 aromatic carbocycles. The zero-order valence-corrected chi connectivity index (χ0v) is 13.3. The van der Waals surface area contributed by atoms with Gasteiger partial charge < -0.3 is 14.8 Å². The Labute approximate surface area is 127 Å². The van der Waals surface area contributed by atoms with Crippen LogP contribution in [-0.2, 0) is 9.47 Å². The summed E-state index contributed by atoms with van der Waals surface area (Å²) in [6.07, 6.45) is 1.56. The van der Waals surface area contributed by atoms with Crippen LogP contribution in [0.5, 0.6) is 0 Å². The number of hydrogen-bond donors (Lipinski definition) is 1. The van der Waals surface area contributed by atoms with Crippen molar-refractivity contribution < 1.29 is 9.47 Å². The van der Waals surface area contributed by atoms with Gasteiger partial charge in [0.1, 0.15) is 0 Å². The molecule has 5 heteroatoms. The highest BCUT2D eigenvalue weighted by Gasteiger charge is 2.09. The minimum Gasteiger partial charge on any atom is -0.378 e. The number of hydrogen-bond acceptors (Lipinski definition) is 4. The zero-order valence-electron chi connectivity index (χ0n) is 11.7. The first kappa shape index (κ1) is 15.2. The first-order valence-electron chi connectivity index (χ1n) is 6.76. The minimum atomic E-state index is -0.240. The quantitative estimate of drug-likeness (QED) is 0.779. The highest BCUT2D eigenvalue weighted by Crippen LogP contribution is 2.23. The number of nitrogens with one attached hydrogen (secondary N) is 1. The van der Waals surface area contributed by atoms with E-state index in [2.05, 4.69) is 32.3 Å². The van der Waals surface area contributed by atoms with Crippen molar-refractivity contribution >= 4 is 32.5 Å². The maximum atomic E-state index is 5.52. The lowest BCUT2D eigenvalue weighted by atomic mass is 10.2. The normalized spacial score (nSPS) is 11.2. The van der Waals surface area contributed by atoms with Crippen LogP contribution in [-0.4, -0.2) is 31.0 Å². The van der Waals surface area contributed by atoms with Crippen LogP contribution in [0, 0.1) is 0 Å². The molecule has 0 saturated heterocycles. The Kier molecular flexibility index (Phi) is 5.76. The fourth-order valence-corrected chi connectivity index (χ4v) is 2.36. The first-order chi connectivity index (χ1) is 9.74. The van der Waals surface area contributed by atoms with E-state index < -0.39 is 0 Å². The Morgan fingerprint density at radius 2 is 2.00 bits per heavy atom. The molecule has 2 rings (SSSR count). The third-order valence-electron chi connectivity index (χ3n) is 2.84. The SMILES string of the molecule is CCOC(CNc1cccc2cc(Br)cnc12)OCC. The topological polar surface area (TPSA) is 43.4 Å². The number of nitrogens with zero attached hydrogens (tertiary/aromatic N) is 1. The van der Waals surface area contributed by atoms with E-state index in [0.717, 1.165) is 21.1 Å². The number of halogens is 1. The van der Waals surface area contributed by atoms with Crippen molar-refractivity contribution in [3.05, 3.63) is 34.9 Å². The van der Waals surface area contributed by atoms with E-state index in [1.165, 1.54) is 0 Å². The summed E-state index contributed by atoms with van der Waals surface area (Å²) in [4.78, 5) is 4.46. The van der Waals surface area contributed by atoms with Crippen LogP contribution in [0.15, 0.2) is 34.9 Å². The van der Waals surface area contributed by atoms with Crippen LogP contribution in [0.25, 0.3) is 10.9 Å². The molecular formula is C15H19BrN2O2. The van der Waals surface area contributed by atoms with E-state index in [1.54, 1.807) is 6.20 Å². The van der Waals surface area contributed by atoms with Crippen molar-refractivity contribution in [1.29, 1.82) is 0 Å². The van der Waals surface area contributed by atoms with Gasteiger partial charge in [0.05, 0.1) is 17.7 Å². The van der Waals surface area contributed by atoms with E-state index in [4.69, 9.17) is 9.47 Å². The number of aromatic nitrogens is 1. The van der Waals surface area contributed by atoms with Gasteiger partial charge in [-0.05, 0) is 41.9 Å². The van der Waals surface area contributed by atoms with Gasteiger partial charge in [-0.15, -0.1) is 0 Å². The van der Waals surface area contributed by atoms with Crippen molar-refractivity contribution in [3.63, 3.8) is 0 Å². The van der Waals surface area contributed by atoms with Gasteiger partial charge in [-0.2, -0.15) is 0 Å². The monoisotopic (exact) mass is 338 g/mol. The fourth-order valence-electron chi connectivity index (χ4n) is 2.01. The Bertz CT molecular complexity index is 557. The second kappa shape index (κ2) is 7.57. The number of anilines is 1. The summed E-state index contributed by atoms with van der Waals surface area (Å²) in [5.41, 5.74) is 1.93. The molecule has 0 amide bonds. The summed E-state index contributed by atoms with van der Waals surface area (Å²) in [6.45, 7) is 5.78. The lowest BCUT2D eigenvalue weighted by Crippen LogP contribution is -2.26. The minimum absolute atomic E-state index is 0.240. The average molecular weight is 339 g/mol. The van der Waals surface area contributed by atoms with Crippen molar-refractivity contribution in [2.24, 2.45) is 0 Å². The lowest BCUT2D eigenvalue weighted by molar-refractivity contribution is -0.126. The number of para-hydroxylation sites is 1. The maximum Gasteiger partial charge on any atom is 0.174 e. The summed E-state index contributed by atoms with van der Waals surface area (Å²) < 4.78 is 12.0. The van der Waals surface area contributed by atoms with E-state index in [-0.39, 0.29) is 6.29 Å². The second-order valence-corrected chi connectivity index (χ2v) is 5.17. The Morgan fingerprint density at radius 1 is 1.25 bits per heavy atom. The molecule has 1 N–H and O–H groups in total. The molecule has 0 spiro atoms. The van der Waals surface area contributed by atoms with Crippen LogP contribution < -0.4 is 5.32 Å². The van der Waals surface area contributed by atoms with Gasteiger partial charge in [-0.25, -0.2) is 0 Å². The standard InChI is InChI=1S/C15H19BrN2O2/c1-3-19-14(20-4-2)10-17-13-7-5-6-11-8-12(16)9-18-15(11)13/h5-9,14,17H,3-4,10H2,1-2H3. The second-order valence-electron chi connectivity index (χ2n) is 4.25. The van der Waals surface area contributed by atoms with E-state index in [9.17, 15) is 0 Å². The number of benzene rings is 1. The Morgan fingerprint density at radius 3 is 2.70 bits per heavy atom. The van der Waals surface area contributed by atoms with Crippen molar-refractivity contribution in [2.45, 2.75) is 20.1 Å². The number of fused-ring (bicyclic) bond motifs is 1. The van der Waals surface area contributed by atoms with Crippen LogP contribution in [0.1, 0.15) is 13.8 Å². The van der Waals surface area contributed by atoms with Crippen LogP contribution >= 0.6 is 15.9 Å². The summed E-state index contributed by atoms with van der Waals surface area (Å²) >= 11 is 3.44. The van der Waals surface area contributed by atoms with E-state index in [1.807, 2.05) is 32.0 Å². The van der Waals surface area contributed by atoms with Crippen LogP contribution in [0.2, 0.25) is 0 Å². The highest BCUT2D eigenvalue weighted by molar-refractivity contribution is 9.10. The summed E-state index contributed by atoms with van der Waals surface area (Å²) in [6, 6.07) is 8.12. The fraction of sp³-hybridized carbons (Fsp3) is 0.400. The van der Waals surface area contributed by atoms with E-state index in [0.29, 0.717) is 19.8 Å². The maximum absolute atomic E-state index is 5.52. The molecule has 0 radical (unpaired) electrons. The summed E-state index contributed by atoms with van der Waals surface area (Å²) in [7, 11) is 0. The van der Waals surface area contributed by atoms with Gasteiger partial charge in [-0.3, -0.25) is 4.98 Å². The molecular weight excluding hydrogens is 320 g/mol. The Hall–Kier alpha value is -1.17. The molecule has 0 bridgehead atoms. The van der Waals surface area contributed by atoms with Gasteiger partial charge in [-0.1, -0.05) is 12.1 Å². The van der Waals surface area contributed by atoms with Gasteiger partial charge in [0.2, 0.25) is 0 Å². The predicted octanol–water partition coefficient (Wildman–Crippen LogP) is 3.81. The predicted molar refractivity (Wildman–Crippen MR) is 85.0 cm³/mol. The third-order valence-corrected chi connectivity index (χ3v) is 3.28. The van der Waals surface area contributed by atoms with E-state index >= 15 is 0 Å². The molecule has 1 heterocycles. The number of pyridine rings is 1. The summed E-state index contributed by atoms with van der Waals surface area (Å²) in [5, 5.41) is 4.44. The molecule has 0 aliphatic rings. The molecule has 0 aliphatic carbocycles. The molecule has 4 nitrogen and oxygen atoms in total.